The highest BCUT2D eigenvalue weighted by atomic mass is 32.1. The van der Waals surface area contributed by atoms with Crippen molar-refractivity contribution in [1.29, 1.82) is 0 Å². The van der Waals surface area contributed by atoms with E-state index in [1.165, 1.54) is 17.4 Å². The molecule has 5 nitrogen and oxygen atoms in total. The van der Waals surface area contributed by atoms with Crippen LogP contribution in [0.15, 0.2) is 53.1 Å². The molecule has 1 aromatic carbocycles. The molecule has 0 saturated carbocycles. The SMILES string of the molecule is Cn1ccsc1=NC(=O)C=Cc1cnc2ccccc2n1. The number of thiazole rings is 1. The van der Waals surface area contributed by atoms with Gasteiger partial charge in [-0.15, -0.1) is 11.3 Å². The molecule has 0 spiro atoms. The summed E-state index contributed by atoms with van der Waals surface area (Å²) in [6.07, 6.45) is 6.52. The van der Waals surface area contributed by atoms with E-state index in [-0.39, 0.29) is 5.91 Å². The van der Waals surface area contributed by atoms with Crippen LogP contribution < -0.4 is 4.80 Å². The summed E-state index contributed by atoms with van der Waals surface area (Å²) in [5, 5.41) is 1.88. The van der Waals surface area contributed by atoms with Gasteiger partial charge >= 0.3 is 0 Å². The lowest BCUT2D eigenvalue weighted by Gasteiger charge is -1.96. The Bertz CT molecular complexity index is 892. The molecule has 0 unspecified atom stereocenters. The van der Waals surface area contributed by atoms with E-state index in [0.29, 0.717) is 10.5 Å². The van der Waals surface area contributed by atoms with Crippen molar-refractivity contribution < 1.29 is 4.79 Å². The fourth-order valence-electron chi connectivity index (χ4n) is 1.77. The van der Waals surface area contributed by atoms with Crippen molar-refractivity contribution in [3.05, 3.63) is 58.6 Å². The summed E-state index contributed by atoms with van der Waals surface area (Å²) in [5.74, 6) is -0.317. The lowest BCUT2D eigenvalue weighted by molar-refractivity contribution is -0.113. The number of hydrogen-bond donors (Lipinski definition) is 0. The number of aromatic nitrogens is 3. The number of aryl methyl sites for hydroxylation is 1. The zero-order valence-corrected chi connectivity index (χ0v) is 12.1. The van der Waals surface area contributed by atoms with E-state index in [1.807, 2.05) is 42.9 Å². The number of para-hydroxylation sites is 2. The van der Waals surface area contributed by atoms with Gasteiger partial charge in [-0.05, 0) is 18.2 Å². The summed E-state index contributed by atoms with van der Waals surface area (Å²) in [4.78, 5) is 25.2. The molecule has 0 N–H and O–H groups in total. The summed E-state index contributed by atoms with van der Waals surface area (Å²) < 4.78 is 1.80. The van der Waals surface area contributed by atoms with Crippen molar-refractivity contribution in [2.75, 3.05) is 0 Å². The van der Waals surface area contributed by atoms with Crippen molar-refractivity contribution in [3.8, 4) is 0 Å². The third kappa shape index (κ3) is 3.11. The van der Waals surface area contributed by atoms with Gasteiger partial charge in [0.15, 0.2) is 4.80 Å². The van der Waals surface area contributed by atoms with Gasteiger partial charge in [0.05, 0.1) is 22.9 Å². The van der Waals surface area contributed by atoms with E-state index in [9.17, 15) is 4.79 Å². The molecule has 0 atom stereocenters. The second-order valence-corrected chi connectivity index (χ2v) is 5.24. The molecule has 6 heteroatoms. The Hall–Kier alpha value is -2.60. The minimum Gasteiger partial charge on any atom is -0.327 e. The molecule has 3 rings (SSSR count). The predicted octanol–water partition coefficient (Wildman–Crippen LogP) is 2.17. The smallest absolute Gasteiger partial charge is 0.272 e. The Morgan fingerprint density at radius 3 is 2.90 bits per heavy atom. The Kier molecular flexibility index (Phi) is 3.70. The van der Waals surface area contributed by atoms with Gasteiger partial charge in [0.2, 0.25) is 0 Å². The normalized spacial score (nSPS) is 12.3. The van der Waals surface area contributed by atoms with Crippen LogP contribution in [0.3, 0.4) is 0 Å². The van der Waals surface area contributed by atoms with E-state index < -0.39 is 0 Å². The first-order valence-electron chi connectivity index (χ1n) is 6.31. The number of carbonyl (C=O) groups is 1. The first-order valence-corrected chi connectivity index (χ1v) is 7.19. The van der Waals surface area contributed by atoms with Gasteiger partial charge in [0.1, 0.15) is 0 Å². The summed E-state index contributed by atoms with van der Waals surface area (Å²) in [7, 11) is 1.85. The second kappa shape index (κ2) is 5.80. The molecule has 0 aliphatic heterocycles. The minimum atomic E-state index is -0.317. The standard InChI is InChI=1S/C15H12N4OS/c1-19-8-9-21-15(19)18-14(20)7-6-11-10-16-12-4-2-3-5-13(12)17-11/h2-10H,1H3. The second-order valence-electron chi connectivity index (χ2n) is 4.36. The predicted molar refractivity (Wildman–Crippen MR) is 82.4 cm³/mol. The molecule has 21 heavy (non-hydrogen) atoms. The van der Waals surface area contributed by atoms with Crippen LogP contribution >= 0.6 is 11.3 Å². The molecule has 3 aromatic rings. The maximum Gasteiger partial charge on any atom is 0.272 e. The van der Waals surface area contributed by atoms with Crippen LogP contribution in [0.2, 0.25) is 0 Å². The van der Waals surface area contributed by atoms with Crippen LogP contribution in [0.4, 0.5) is 0 Å². The fraction of sp³-hybridized carbons (Fsp3) is 0.0667. The minimum absolute atomic E-state index is 0.317. The quantitative estimate of drug-likeness (QED) is 0.681. The molecule has 0 aliphatic rings. The molecule has 2 aromatic heterocycles. The maximum atomic E-state index is 11.8. The van der Waals surface area contributed by atoms with Crippen molar-refractivity contribution in [1.82, 2.24) is 14.5 Å². The molecule has 1 amide bonds. The van der Waals surface area contributed by atoms with Crippen LogP contribution in [-0.2, 0) is 11.8 Å². The number of fused-ring (bicyclic) bond motifs is 1. The van der Waals surface area contributed by atoms with Gasteiger partial charge in [-0.3, -0.25) is 9.78 Å². The van der Waals surface area contributed by atoms with Crippen LogP contribution in [0, 0.1) is 0 Å². The van der Waals surface area contributed by atoms with Crippen LogP contribution in [-0.4, -0.2) is 20.4 Å². The molecule has 104 valence electrons. The van der Waals surface area contributed by atoms with E-state index >= 15 is 0 Å². The zero-order chi connectivity index (χ0) is 14.7. The third-order valence-corrected chi connectivity index (χ3v) is 3.68. The highest BCUT2D eigenvalue weighted by Crippen LogP contribution is 2.09. The number of hydrogen-bond acceptors (Lipinski definition) is 4. The number of amides is 1. The van der Waals surface area contributed by atoms with Crippen LogP contribution in [0.25, 0.3) is 17.1 Å². The average molecular weight is 296 g/mol. The number of rotatable bonds is 2. The lowest BCUT2D eigenvalue weighted by atomic mass is 10.3. The molecular formula is C15H12N4OS. The van der Waals surface area contributed by atoms with Gasteiger partial charge in [-0.25, -0.2) is 4.98 Å². The Labute approximate surface area is 125 Å². The molecule has 2 heterocycles. The average Bonchev–Trinajstić information content (AvgIpc) is 2.90. The topological polar surface area (TPSA) is 60.1 Å². The fourth-order valence-corrected chi connectivity index (χ4v) is 2.51. The van der Waals surface area contributed by atoms with Gasteiger partial charge in [0, 0.05) is 24.7 Å². The van der Waals surface area contributed by atoms with Crippen molar-refractivity contribution in [3.63, 3.8) is 0 Å². The lowest BCUT2D eigenvalue weighted by Crippen LogP contribution is -2.11. The molecule has 0 radical (unpaired) electrons. The van der Waals surface area contributed by atoms with Crippen molar-refractivity contribution in [2.24, 2.45) is 12.0 Å². The first kappa shape index (κ1) is 13.4. The molecule has 0 bridgehead atoms. The third-order valence-electron chi connectivity index (χ3n) is 2.83. The van der Waals surface area contributed by atoms with Crippen molar-refractivity contribution >= 4 is 34.4 Å². The largest absolute Gasteiger partial charge is 0.327 e. The summed E-state index contributed by atoms with van der Waals surface area (Å²) in [6.45, 7) is 0. The van der Waals surface area contributed by atoms with Crippen molar-refractivity contribution in [2.45, 2.75) is 0 Å². The highest BCUT2D eigenvalue weighted by Gasteiger charge is 1.98. The summed E-state index contributed by atoms with van der Waals surface area (Å²) >= 11 is 1.42. The van der Waals surface area contributed by atoms with Gasteiger partial charge in [-0.1, -0.05) is 12.1 Å². The Morgan fingerprint density at radius 2 is 2.14 bits per heavy atom. The van der Waals surface area contributed by atoms with Gasteiger partial charge < -0.3 is 4.57 Å². The Morgan fingerprint density at radius 1 is 1.33 bits per heavy atom. The summed E-state index contributed by atoms with van der Waals surface area (Å²) in [6, 6.07) is 7.60. The molecule has 0 fully saturated rings. The first-order chi connectivity index (χ1) is 10.2. The van der Waals surface area contributed by atoms with Crippen LogP contribution in [0.1, 0.15) is 5.69 Å². The zero-order valence-electron chi connectivity index (χ0n) is 11.3. The number of benzene rings is 1. The van der Waals surface area contributed by atoms with E-state index in [4.69, 9.17) is 0 Å². The maximum absolute atomic E-state index is 11.8. The summed E-state index contributed by atoms with van der Waals surface area (Å²) in [5.41, 5.74) is 2.26. The van der Waals surface area contributed by atoms with E-state index in [0.717, 1.165) is 11.0 Å². The monoisotopic (exact) mass is 296 g/mol. The number of carbonyl (C=O) groups excluding carboxylic acids is 1. The van der Waals surface area contributed by atoms with E-state index in [2.05, 4.69) is 15.0 Å². The van der Waals surface area contributed by atoms with E-state index in [1.54, 1.807) is 16.8 Å². The van der Waals surface area contributed by atoms with Gasteiger partial charge in [-0.2, -0.15) is 4.99 Å². The van der Waals surface area contributed by atoms with Gasteiger partial charge in [0.25, 0.3) is 5.91 Å². The number of nitrogens with zero attached hydrogens (tertiary/aromatic N) is 4. The van der Waals surface area contributed by atoms with Crippen LogP contribution in [0.5, 0.6) is 0 Å². The highest BCUT2D eigenvalue weighted by molar-refractivity contribution is 7.07. The molecular weight excluding hydrogens is 284 g/mol. The molecule has 0 aliphatic carbocycles. The molecule has 0 saturated heterocycles. The Balaban J connectivity index is 1.84.